The second-order valence-electron chi connectivity index (χ2n) is 4.82. The lowest BCUT2D eigenvalue weighted by Gasteiger charge is -2.25. The lowest BCUT2D eigenvalue weighted by molar-refractivity contribution is -0.181. The van der Waals surface area contributed by atoms with Crippen molar-refractivity contribution in [1.82, 2.24) is 9.55 Å². The Kier molecular flexibility index (Phi) is 2.16. The lowest BCUT2D eigenvalue weighted by atomic mass is 10.1. The molecule has 1 aliphatic carbocycles. The smallest absolute Gasteiger partial charge is 0.351 e. The summed E-state index contributed by atoms with van der Waals surface area (Å²) < 4.78 is 33.8. The first-order chi connectivity index (χ1) is 8.77. The van der Waals surface area contributed by atoms with Gasteiger partial charge in [-0.1, -0.05) is 0 Å². The molecule has 104 valence electrons. The van der Waals surface area contributed by atoms with Crippen LogP contribution in [0.25, 0.3) is 0 Å². The second kappa shape index (κ2) is 3.30. The van der Waals surface area contributed by atoms with E-state index in [0.717, 1.165) is 6.20 Å². The minimum atomic E-state index is -3.71. The SMILES string of the molecule is Nc1ccn([C@@H]2O[C@@]3(CO)C[C@]3(O)C2(F)F)c(=O)n1. The van der Waals surface area contributed by atoms with Crippen molar-refractivity contribution in [3.8, 4) is 0 Å². The normalized spacial score (nSPS) is 39.1. The Morgan fingerprint density at radius 1 is 1.63 bits per heavy atom. The van der Waals surface area contributed by atoms with Crippen LogP contribution in [0.1, 0.15) is 12.6 Å². The van der Waals surface area contributed by atoms with Crippen LogP contribution in [0.4, 0.5) is 14.6 Å². The Balaban J connectivity index is 2.06. The third-order valence-corrected chi connectivity index (χ3v) is 3.73. The first-order valence-electron chi connectivity index (χ1n) is 5.51. The Labute approximate surface area is 105 Å². The number of nitrogens with zero attached hydrogens (tertiary/aromatic N) is 2. The summed E-state index contributed by atoms with van der Waals surface area (Å²) >= 11 is 0. The maximum absolute atomic E-state index is 14.1. The zero-order valence-corrected chi connectivity index (χ0v) is 9.58. The van der Waals surface area contributed by atoms with E-state index >= 15 is 0 Å². The second-order valence-corrected chi connectivity index (χ2v) is 4.82. The van der Waals surface area contributed by atoms with Crippen LogP contribution in [0.5, 0.6) is 0 Å². The van der Waals surface area contributed by atoms with Crippen LogP contribution in [0, 0.1) is 0 Å². The molecule has 1 aliphatic heterocycles. The number of aliphatic hydroxyl groups excluding tert-OH is 1. The Morgan fingerprint density at radius 2 is 2.32 bits per heavy atom. The molecule has 1 aromatic rings. The van der Waals surface area contributed by atoms with Crippen molar-refractivity contribution in [2.24, 2.45) is 0 Å². The van der Waals surface area contributed by atoms with Gasteiger partial charge in [-0.05, 0) is 6.07 Å². The molecule has 7 nitrogen and oxygen atoms in total. The van der Waals surface area contributed by atoms with E-state index in [4.69, 9.17) is 15.6 Å². The quantitative estimate of drug-likeness (QED) is 0.629. The first-order valence-corrected chi connectivity index (χ1v) is 5.51. The number of anilines is 1. The number of nitrogen functional groups attached to an aromatic ring is 1. The zero-order chi connectivity index (χ0) is 14.1. The molecule has 0 spiro atoms. The van der Waals surface area contributed by atoms with Gasteiger partial charge in [0.2, 0.25) is 6.23 Å². The molecule has 3 rings (SSSR count). The number of fused-ring (bicyclic) bond motifs is 1. The highest BCUT2D eigenvalue weighted by Gasteiger charge is 2.88. The van der Waals surface area contributed by atoms with Crippen LogP contribution in [0.2, 0.25) is 0 Å². The molecule has 4 N–H and O–H groups in total. The number of rotatable bonds is 2. The molecule has 9 heteroatoms. The summed E-state index contributed by atoms with van der Waals surface area (Å²) in [5.74, 6) is -3.82. The van der Waals surface area contributed by atoms with Gasteiger partial charge in [0.1, 0.15) is 11.4 Å². The molecule has 1 saturated heterocycles. The van der Waals surface area contributed by atoms with Crippen molar-refractivity contribution < 1.29 is 23.7 Å². The number of nitrogens with two attached hydrogens (primary N) is 1. The van der Waals surface area contributed by atoms with Crippen molar-refractivity contribution in [3.63, 3.8) is 0 Å². The number of hydrogen-bond acceptors (Lipinski definition) is 6. The predicted molar refractivity (Wildman–Crippen MR) is 57.4 cm³/mol. The van der Waals surface area contributed by atoms with E-state index in [9.17, 15) is 18.7 Å². The van der Waals surface area contributed by atoms with Crippen LogP contribution in [-0.4, -0.2) is 43.5 Å². The van der Waals surface area contributed by atoms with Gasteiger partial charge in [-0.25, -0.2) is 4.79 Å². The highest BCUT2D eigenvalue weighted by molar-refractivity contribution is 5.31. The topological polar surface area (TPSA) is 111 Å². The molecule has 0 bridgehead atoms. The van der Waals surface area contributed by atoms with E-state index in [1.165, 1.54) is 6.07 Å². The minimum Gasteiger partial charge on any atom is -0.393 e. The van der Waals surface area contributed by atoms with E-state index in [1.807, 2.05) is 0 Å². The minimum absolute atomic E-state index is 0.108. The molecule has 0 radical (unpaired) electrons. The monoisotopic (exact) mass is 275 g/mol. The van der Waals surface area contributed by atoms with Gasteiger partial charge < -0.3 is 20.7 Å². The maximum atomic E-state index is 14.1. The van der Waals surface area contributed by atoms with E-state index < -0.39 is 35.6 Å². The molecular formula is C10H11F2N3O4. The predicted octanol–water partition coefficient (Wildman–Crippen LogP) is -1.14. The summed E-state index contributed by atoms with van der Waals surface area (Å²) in [7, 11) is 0. The number of ether oxygens (including phenoxy) is 1. The van der Waals surface area contributed by atoms with E-state index in [1.54, 1.807) is 0 Å². The van der Waals surface area contributed by atoms with Gasteiger partial charge in [-0.15, -0.1) is 0 Å². The third kappa shape index (κ3) is 1.29. The molecule has 2 heterocycles. The van der Waals surface area contributed by atoms with E-state index in [2.05, 4.69) is 4.98 Å². The number of aromatic nitrogens is 2. The largest absolute Gasteiger partial charge is 0.393 e. The van der Waals surface area contributed by atoms with Crippen LogP contribution in [0.15, 0.2) is 17.1 Å². The van der Waals surface area contributed by atoms with Crippen molar-refractivity contribution in [2.45, 2.75) is 29.8 Å². The number of hydrogen-bond donors (Lipinski definition) is 3. The van der Waals surface area contributed by atoms with Crippen LogP contribution in [0.3, 0.4) is 0 Å². The van der Waals surface area contributed by atoms with Crippen molar-refractivity contribution in [3.05, 3.63) is 22.7 Å². The highest BCUT2D eigenvalue weighted by atomic mass is 19.3. The molecule has 1 aromatic heterocycles. The summed E-state index contributed by atoms with van der Waals surface area (Å²) in [6.07, 6.45) is -1.38. The van der Waals surface area contributed by atoms with Gasteiger partial charge in [0.15, 0.2) is 5.60 Å². The first kappa shape index (κ1) is 12.5. The summed E-state index contributed by atoms with van der Waals surface area (Å²) in [6, 6.07) is 1.17. The van der Waals surface area contributed by atoms with Crippen LogP contribution >= 0.6 is 0 Å². The fraction of sp³-hybridized carbons (Fsp3) is 0.600. The van der Waals surface area contributed by atoms with Crippen LogP contribution < -0.4 is 11.4 Å². The van der Waals surface area contributed by atoms with E-state index in [-0.39, 0.29) is 12.2 Å². The molecule has 0 unspecified atom stereocenters. The molecule has 2 fully saturated rings. The molecule has 0 amide bonds. The summed E-state index contributed by atoms with van der Waals surface area (Å²) in [5, 5.41) is 18.9. The average Bonchev–Trinajstić information content (AvgIpc) is 2.90. The molecule has 2 aliphatic rings. The molecule has 1 saturated carbocycles. The van der Waals surface area contributed by atoms with Crippen molar-refractivity contribution >= 4 is 5.82 Å². The van der Waals surface area contributed by atoms with Gasteiger partial charge in [-0.2, -0.15) is 13.8 Å². The fourth-order valence-corrected chi connectivity index (χ4v) is 2.48. The average molecular weight is 275 g/mol. The molecule has 0 aromatic carbocycles. The van der Waals surface area contributed by atoms with Crippen molar-refractivity contribution in [1.29, 1.82) is 0 Å². The summed E-state index contributed by atoms with van der Waals surface area (Å²) in [4.78, 5) is 14.9. The molecular weight excluding hydrogens is 264 g/mol. The van der Waals surface area contributed by atoms with Crippen molar-refractivity contribution in [2.75, 3.05) is 12.3 Å². The Morgan fingerprint density at radius 3 is 2.84 bits per heavy atom. The zero-order valence-electron chi connectivity index (χ0n) is 9.58. The summed E-state index contributed by atoms with van der Waals surface area (Å²) in [5.41, 5.74) is 0.0761. The lowest BCUT2D eigenvalue weighted by Crippen LogP contribution is -2.44. The third-order valence-electron chi connectivity index (χ3n) is 3.73. The van der Waals surface area contributed by atoms with Gasteiger partial charge in [0, 0.05) is 12.6 Å². The summed E-state index contributed by atoms with van der Waals surface area (Å²) in [6.45, 7) is -0.757. The molecule has 3 atom stereocenters. The number of halogens is 2. The van der Waals surface area contributed by atoms with Gasteiger partial charge in [-0.3, -0.25) is 4.57 Å². The van der Waals surface area contributed by atoms with Gasteiger partial charge in [0.25, 0.3) is 0 Å². The standard InChI is InChI=1S/C10H11F2N3O4/c11-10(12)6(15-2-1-5(13)14-7(15)17)19-8(4-16)3-9(8,10)18/h1-2,6,16,18H,3-4H2,(H2,13,14,17)/t6-,8-,9-/m1/s1. The number of alkyl halides is 2. The number of aliphatic hydroxyl groups is 2. The maximum Gasteiger partial charge on any atom is 0.351 e. The van der Waals surface area contributed by atoms with Crippen LogP contribution in [-0.2, 0) is 4.74 Å². The Hall–Kier alpha value is -1.58. The van der Waals surface area contributed by atoms with Gasteiger partial charge >= 0.3 is 11.6 Å². The van der Waals surface area contributed by atoms with E-state index in [0.29, 0.717) is 4.57 Å². The fourth-order valence-electron chi connectivity index (χ4n) is 2.48. The van der Waals surface area contributed by atoms with Gasteiger partial charge in [0.05, 0.1) is 6.61 Å². The highest BCUT2D eigenvalue weighted by Crippen LogP contribution is 2.68. The molecule has 19 heavy (non-hydrogen) atoms. The Bertz CT molecular complexity index is 607.